The molecule has 0 bridgehead atoms. The minimum Gasteiger partial charge on any atom is -0.367 e. The van der Waals surface area contributed by atoms with Crippen molar-refractivity contribution in [2.45, 2.75) is 44.3 Å². The minimum absolute atomic E-state index is 0.183. The first-order valence-corrected chi connectivity index (χ1v) is 4.67. The molecule has 0 aromatic rings. The molecule has 74 valence electrons. The van der Waals surface area contributed by atoms with Crippen molar-refractivity contribution >= 4 is 12.6 Å². The monoisotopic (exact) mass is 193 g/mol. The molecule has 0 amide bonds. The Morgan fingerprint density at radius 1 is 1.67 bits per heavy atom. The fraction of sp³-hybridized carbons (Fsp3) is 1.00. The highest BCUT2D eigenvalue weighted by Crippen LogP contribution is 2.09. The van der Waals surface area contributed by atoms with Crippen LogP contribution in [0.5, 0.6) is 0 Å². The summed E-state index contributed by atoms with van der Waals surface area (Å²) < 4.78 is 5.11. The molecule has 3 atom stereocenters. The Bertz CT molecular complexity index is 128. The predicted molar refractivity (Wildman–Crippen MR) is 53.3 cm³/mol. The van der Waals surface area contributed by atoms with Crippen LogP contribution >= 0.6 is 12.6 Å². The third-order valence-corrected chi connectivity index (χ3v) is 2.06. The van der Waals surface area contributed by atoms with Gasteiger partial charge in [-0.05, 0) is 20.3 Å². The van der Waals surface area contributed by atoms with E-state index in [9.17, 15) is 5.11 Å². The van der Waals surface area contributed by atoms with E-state index in [0.29, 0.717) is 6.61 Å². The zero-order valence-electron chi connectivity index (χ0n) is 7.95. The first-order chi connectivity index (χ1) is 5.39. The molecular weight excluding hydrogens is 174 g/mol. The van der Waals surface area contributed by atoms with Crippen LogP contribution in [0.2, 0.25) is 0 Å². The van der Waals surface area contributed by atoms with Gasteiger partial charge >= 0.3 is 0 Å². The largest absolute Gasteiger partial charge is 0.367 e. The summed E-state index contributed by atoms with van der Waals surface area (Å²) in [6, 6.07) is 0. The van der Waals surface area contributed by atoms with Crippen molar-refractivity contribution in [3.63, 3.8) is 0 Å². The van der Waals surface area contributed by atoms with Crippen LogP contribution in [-0.2, 0) is 4.74 Å². The van der Waals surface area contributed by atoms with E-state index in [2.05, 4.69) is 12.6 Å². The Hall–Kier alpha value is 0.230. The molecule has 0 spiro atoms. The van der Waals surface area contributed by atoms with Crippen molar-refractivity contribution < 1.29 is 9.84 Å². The molecule has 0 fully saturated rings. The second-order valence-corrected chi connectivity index (χ2v) is 4.26. The van der Waals surface area contributed by atoms with E-state index in [4.69, 9.17) is 10.5 Å². The van der Waals surface area contributed by atoms with Gasteiger partial charge in [0.1, 0.15) is 0 Å². The van der Waals surface area contributed by atoms with E-state index in [1.807, 2.05) is 13.8 Å². The Morgan fingerprint density at radius 3 is 2.50 bits per heavy atom. The van der Waals surface area contributed by atoms with E-state index in [1.165, 1.54) is 0 Å². The number of ether oxygens (including phenoxy) is 1. The summed E-state index contributed by atoms with van der Waals surface area (Å²) in [6.07, 6.45) is -0.0107. The number of rotatable bonds is 5. The van der Waals surface area contributed by atoms with Crippen molar-refractivity contribution in [1.29, 1.82) is 0 Å². The third-order valence-electron chi connectivity index (χ3n) is 1.80. The Kier molecular flexibility index (Phi) is 5.16. The molecule has 3 nitrogen and oxygen atoms in total. The smallest absolute Gasteiger partial charge is 0.165 e. The number of aliphatic hydroxyl groups excluding tert-OH is 1. The molecule has 12 heavy (non-hydrogen) atoms. The quantitative estimate of drug-likeness (QED) is 0.446. The first kappa shape index (κ1) is 12.2. The number of thiol groups is 1. The van der Waals surface area contributed by atoms with Gasteiger partial charge in [-0.1, -0.05) is 6.92 Å². The Labute approximate surface area is 79.7 Å². The lowest BCUT2D eigenvalue weighted by molar-refractivity contribution is -0.109. The molecular formula is C8H19NO2S. The molecule has 0 aliphatic carbocycles. The molecule has 0 aromatic carbocycles. The number of hydrogen-bond acceptors (Lipinski definition) is 4. The Morgan fingerprint density at radius 2 is 2.17 bits per heavy atom. The number of nitrogens with two attached hydrogens (primary N) is 1. The third kappa shape index (κ3) is 4.98. The van der Waals surface area contributed by atoms with Gasteiger partial charge < -0.3 is 15.6 Å². The highest BCUT2D eigenvalue weighted by molar-refractivity contribution is 7.81. The number of aliphatic hydroxyl groups is 1. The van der Waals surface area contributed by atoms with Crippen LogP contribution in [0.15, 0.2) is 0 Å². The topological polar surface area (TPSA) is 55.5 Å². The van der Waals surface area contributed by atoms with E-state index >= 15 is 0 Å². The van der Waals surface area contributed by atoms with Gasteiger partial charge in [-0.15, -0.1) is 0 Å². The standard InChI is InChI=1S/C8H19NO2S/c1-4-8(3,9)5-11-7(10)6(2)12/h6-7,10,12H,4-5,9H2,1-3H3. The predicted octanol–water partition coefficient (Wildman–Crippen LogP) is 0.767. The van der Waals surface area contributed by atoms with Crippen LogP contribution in [0.3, 0.4) is 0 Å². The maximum absolute atomic E-state index is 9.23. The second kappa shape index (κ2) is 5.07. The summed E-state index contributed by atoms with van der Waals surface area (Å²) in [5.74, 6) is 0. The van der Waals surface area contributed by atoms with Crippen LogP contribution in [0, 0.1) is 0 Å². The van der Waals surface area contributed by atoms with Crippen molar-refractivity contribution in [2.75, 3.05) is 6.61 Å². The summed E-state index contributed by atoms with van der Waals surface area (Å²) in [6.45, 7) is 6.01. The van der Waals surface area contributed by atoms with Crippen LogP contribution in [0.4, 0.5) is 0 Å². The summed E-state index contributed by atoms with van der Waals surface area (Å²) in [5.41, 5.74) is 5.45. The average Bonchev–Trinajstić information content (AvgIpc) is 2.00. The van der Waals surface area contributed by atoms with Crippen molar-refractivity contribution in [3.05, 3.63) is 0 Å². The summed E-state index contributed by atoms with van der Waals surface area (Å²) in [7, 11) is 0. The normalized spacial score (nSPS) is 21.5. The summed E-state index contributed by atoms with van der Waals surface area (Å²) in [5, 5.41) is 9.05. The fourth-order valence-electron chi connectivity index (χ4n) is 0.517. The molecule has 3 unspecified atom stereocenters. The summed E-state index contributed by atoms with van der Waals surface area (Å²) >= 11 is 4.04. The van der Waals surface area contributed by atoms with Gasteiger partial charge in [0.25, 0.3) is 0 Å². The first-order valence-electron chi connectivity index (χ1n) is 4.15. The molecule has 0 saturated carbocycles. The molecule has 0 aromatic heterocycles. The van der Waals surface area contributed by atoms with Gasteiger partial charge in [-0.2, -0.15) is 12.6 Å². The lowest BCUT2D eigenvalue weighted by Gasteiger charge is -2.25. The van der Waals surface area contributed by atoms with E-state index < -0.39 is 6.29 Å². The average molecular weight is 193 g/mol. The van der Waals surface area contributed by atoms with Crippen molar-refractivity contribution in [3.8, 4) is 0 Å². The Balaban J connectivity index is 3.67. The highest BCUT2D eigenvalue weighted by Gasteiger charge is 2.19. The molecule has 0 heterocycles. The molecule has 3 N–H and O–H groups in total. The van der Waals surface area contributed by atoms with Gasteiger partial charge in [0.2, 0.25) is 0 Å². The lowest BCUT2D eigenvalue weighted by Crippen LogP contribution is -2.42. The molecule has 0 aliphatic rings. The minimum atomic E-state index is -0.831. The maximum atomic E-state index is 9.23. The second-order valence-electron chi connectivity index (χ2n) is 3.45. The zero-order chi connectivity index (χ0) is 9.78. The fourth-order valence-corrected chi connectivity index (χ4v) is 0.603. The molecule has 0 saturated heterocycles. The van der Waals surface area contributed by atoms with Crippen molar-refractivity contribution in [2.24, 2.45) is 5.73 Å². The van der Waals surface area contributed by atoms with E-state index in [1.54, 1.807) is 6.92 Å². The molecule has 0 aliphatic heterocycles. The zero-order valence-corrected chi connectivity index (χ0v) is 8.84. The van der Waals surface area contributed by atoms with Crippen LogP contribution in [0.1, 0.15) is 27.2 Å². The van der Waals surface area contributed by atoms with Gasteiger partial charge in [-0.3, -0.25) is 0 Å². The number of hydrogen-bond donors (Lipinski definition) is 3. The highest BCUT2D eigenvalue weighted by atomic mass is 32.1. The molecule has 4 heteroatoms. The summed E-state index contributed by atoms with van der Waals surface area (Å²) in [4.78, 5) is 0. The van der Waals surface area contributed by atoms with Crippen LogP contribution in [0.25, 0.3) is 0 Å². The lowest BCUT2D eigenvalue weighted by atomic mass is 10.0. The van der Waals surface area contributed by atoms with E-state index in [0.717, 1.165) is 6.42 Å². The van der Waals surface area contributed by atoms with Crippen LogP contribution < -0.4 is 5.73 Å². The SMILES string of the molecule is CCC(C)(N)COC(O)C(C)S. The van der Waals surface area contributed by atoms with Gasteiger partial charge in [0, 0.05) is 10.8 Å². The van der Waals surface area contributed by atoms with Gasteiger partial charge in [-0.25, -0.2) is 0 Å². The molecule has 0 radical (unpaired) electrons. The van der Waals surface area contributed by atoms with Crippen LogP contribution in [-0.4, -0.2) is 28.8 Å². The van der Waals surface area contributed by atoms with Gasteiger partial charge in [0.05, 0.1) is 6.61 Å². The van der Waals surface area contributed by atoms with E-state index in [-0.39, 0.29) is 10.8 Å². The van der Waals surface area contributed by atoms with Crippen molar-refractivity contribution in [1.82, 2.24) is 0 Å². The maximum Gasteiger partial charge on any atom is 0.165 e. The van der Waals surface area contributed by atoms with Gasteiger partial charge in [0.15, 0.2) is 6.29 Å². The molecule has 0 rings (SSSR count).